The molecule has 3 amide bonds. The molecule has 0 spiro atoms. The zero-order chi connectivity index (χ0) is 21.4. The number of benzene rings is 1. The number of rotatable bonds is 4. The lowest BCUT2D eigenvalue weighted by Crippen LogP contribution is -2.41. The van der Waals surface area contributed by atoms with Crippen LogP contribution in [0.1, 0.15) is 37.4 Å². The summed E-state index contributed by atoms with van der Waals surface area (Å²) in [6.45, 7) is 1.81. The summed E-state index contributed by atoms with van der Waals surface area (Å²) in [6, 6.07) is 4.72. The van der Waals surface area contributed by atoms with Crippen molar-refractivity contribution in [2.75, 3.05) is 7.05 Å². The van der Waals surface area contributed by atoms with Crippen molar-refractivity contribution in [3.05, 3.63) is 82.2 Å². The van der Waals surface area contributed by atoms with Gasteiger partial charge in [-0.05, 0) is 42.3 Å². The number of allylic oxidation sites excluding steroid dienone is 2. The molecule has 0 aliphatic carbocycles. The van der Waals surface area contributed by atoms with Gasteiger partial charge < -0.3 is 5.32 Å². The first-order chi connectivity index (χ1) is 14.3. The predicted molar refractivity (Wildman–Crippen MR) is 106 cm³/mol. The maximum Gasteiger partial charge on any atom is 0.261 e. The molecule has 0 radical (unpaired) electrons. The fourth-order valence-corrected chi connectivity index (χ4v) is 3.42. The summed E-state index contributed by atoms with van der Waals surface area (Å²) in [4.78, 5) is 42.0. The van der Waals surface area contributed by atoms with Crippen molar-refractivity contribution in [2.45, 2.75) is 13.3 Å². The first-order valence-electron chi connectivity index (χ1n) is 9.14. The van der Waals surface area contributed by atoms with Crippen LogP contribution in [-0.2, 0) is 11.2 Å². The summed E-state index contributed by atoms with van der Waals surface area (Å²) in [5, 5.41) is 2.70. The van der Waals surface area contributed by atoms with Crippen LogP contribution in [0.5, 0.6) is 0 Å². The standard InChI is InChI=1S/C21H18FN5O3/c1-11-5-12(19-15(6-11)20(29)27(2)21(19)30)8-18(28)24-17-4-3-16(25-26-17)13-7-14(22)10-23-9-13/h3-7,9-10,25-26H,8H2,1-2H3,(H,24,28). The highest BCUT2D eigenvalue weighted by Gasteiger charge is 2.35. The molecule has 4 rings (SSSR count). The molecule has 0 atom stereocenters. The zero-order valence-corrected chi connectivity index (χ0v) is 16.2. The number of nitrogens with one attached hydrogen (secondary N) is 3. The van der Waals surface area contributed by atoms with E-state index in [-0.39, 0.29) is 23.8 Å². The highest BCUT2D eigenvalue weighted by Crippen LogP contribution is 2.27. The molecule has 0 bridgehead atoms. The normalized spacial score (nSPS) is 15.1. The molecule has 8 nitrogen and oxygen atoms in total. The number of imide groups is 1. The van der Waals surface area contributed by atoms with Crippen LogP contribution in [0.3, 0.4) is 0 Å². The lowest BCUT2D eigenvalue weighted by Gasteiger charge is -2.20. The molecule has 1 aromatic carbocycles. The number of fused-ring (bicyclic) bond motifs is 1. The molecule has 1 aromatic heterocycles. The van der Waals surface area contributed by atoms with Crippen LogP contribution >= 0.6 is 0 Å². The zero-order valence-electron chi connectivity index (χ0n) is 16.2. The lowest BCUT2D eigenvalue weighted by molar-refractivity contribution is -0.119. The van der Waals surface area contributed by atoms with E-state index in [4.69, 9.17) is 0 Å². The first-order valence-corrected chi connectivity index (χ1v) is 9.14. The van der Waals surface area contributed by atoms with E-state index in [0.717, 1.165) is 16.7 Å². The summed E-state index contributed by atoms with van der Waals surface area (Å²) < 4.78 is 13.3. The van der Waals surface area contributed by atoms with E-state index < -0.39 is 11.7 Å². The van der Waals surface area contributed by atoms with Crippen LogP contribution in [0.2, 0.25) is 0 Å². The SMILES string of the molecule is Cc1cc(CC(=O)NC2=CC=C(c3cncc(F)c3)NN2)c2c(c1)C(=O)N(C)C2=O. The minimum absolute atomic E-state index is 0.0692. The summed E-state index contributed by atoms with van der Waals surface area (Å²) in [5.41, 5.74) is 8.70. The van der Waals surface area contributed by atoms with Crippen LogP contribution in [-0.4, -0.2) is 34.7 Å². The van der Waals surface area contributed by atoms with Gasteiger partial charge in [0.2, 0.25) is 5.91 Å². The van der Waals surface area contributed by atoms with Crippen molar-refractivity contribution in [1.82, 2.24) is 26.1 Å². The quantitative estimate of drug-likeness (QED) is 0.662. The Hall–Kier alpha value is -4.01. The highest BCUT2D eigenvalue weighted by molar-refractivity contribution is 6.22. The number of halogens is 1. The molecule has 0 fully saturated rings. The first kappa shape index (κ1) is 19.3. The lowest BCUT2D eigenvalue weighted by atomic mass is 9.97. The second kappa shape index (κ2) is 7.43. The number of amides is 3. The van der Waals surface area contributed by atoms with Crippen LogP contribution in [0.25, 0.3) is 5.70 Å². The van der Waals surface area contributed by atoms with Crippen LogP contribution < -0.4 is 16.2 Å². The Bertz CT molecular complexity index is 1160. The largest absolute Gasteiger partial charge is 0.311 e. The molecule has 2 aliphatic heterocycles. The van der Waals surface area contributed by atoms with E-state index in [0.29, 0.717) is 28.2 Å². The topological polar surface area (TPSA) is 103 Å². The van der Waals surface area contributed by atoms with Gasteiger partial charge in [-0.3, -0.25) is 35.1 Å². The molecule has 0 saturated carbocycles. The molecular weight excluding hydrogens is 389 g/mol. The monoisotopic (exact) mass is 407 g/mol. The number of hydrogen-bond acceptors (Lipinski definition) is 6. The molecule has 2 aliphatic rings. The Morgan fingerprint density at radius 2 is 1.93 bits per heavy atom. The smallest absolute Gasteiger partial charge is 0.261 e. The van der Waals surface area contributed by atoms with E-state index >= 15 is 0 Å². The second-order valence-electron chi connectivity index (χ2n) is 7.04. The summed E-state index contributed by atoms with van der Waals surface area (Å²) in [6.07, 6.45) is 5.84. The van der Waals surface area contributed by atoms with Gasteiger partial charge in [0.15, 0.2) is 0 Å². The van der Waals surface area contributed by atoms with E-state index in [2.05, 4.69) is 21.2 Å². The van der Waals surface area contributed by atoms with Crippen LogP contribution in [0.4, 0.5) is 4.39 Å². The van der Waals surface area contributed by atoms with E-state index in [1.807, 2.05) is 0 Å². The predicted octanol–water partition coefficient (Wildman–Crippen LogP) is 1.40. The van der Waals surface area contributed by atoms with Crippen molar-refractivity contribution < 1.29 is 18.8 Å². The maximum atomic E-state index is 13.3. The number of hydrazine groups is 1. The number of aryl methyl sites for hydroxylation is 1. The number of nitrogens with zero attached hydrogens (tertiary/aromatic N) is 2. The van der Waals surface area contributed by atoms with Gasteiger partial charge in [-0.25, -0.2) is 4.39 Å². The van der Waals surface area contributed by atoms with Gasteiger partial charge in [-0.15, -0.1) is 0 Å². The highest BCUT2D eigenvalue weighted by atomic mass is 19.1. The third-order valence-corrected chi connectivity index (χ3v) is 4.81. The molecule has 9 heteroatoms. The van der Waals surface area contributed by atoms with E-state index in [9.17, 15) is 18.8 Å². The van der Waals surface area contributed by atoms with Crippen molar-refractivity contribution in [3.63, 3.8) is 0 Å². The van der Waals surface area contributed by atoms with Gasteiger partial charge >= 0.3 is 0 Å². The molecular formula is C21H18FN5O3. The maximum absolute atomic E-state index is 13.3. The average molecular weight is 407 g/mol. The molecule has 152 valence electrons. The van der Waals surface area contributed by atoms with Crippen LogP contribution in [0.15, 0.2) is 48.6 Å². The third kappa shape index (κ3) is 3.52. The van der Waals surface area contributed by atoms with Crippen molar-refractivity contribution in [2.24, 2.45) is 0 Å². The summed E-state index contributed by atoms with van der Waals surface area (Å²) >= 11 is 0. The van der Waals surface area contributed by atoms with Gasteiger partial charge in [0, 0.05) is 18.8 Å². The van der Waals surface area contributed by atoms with Gasteiger partial charge in [-0.1, -0.05) is 6.07 Å². The summed E-state index contributed by atoms with van der Waals surface area (Å²) in [7, 11) is 1.42. The molecule has 2 aromatic rings. The number of hydrogen-bond donors (Lipinski definition) is 3. The van der Waals surface area contributed by atoms with Gasteiger partial charge in [0.1, 0.15) is 11.6 Å². The molecule has 0 unspecified atom stereocenters. The number of pyridine rings is 1. The fraction of sp³-hybridized carbons (Fsp3) is 0.143. The third-order valence-electron chi connectivity index (χ3n) is 4.81. The molecule has 3 N–H and O–H groups in total. The Kier molecular flexibility index (Phi) is 4.78. The number of carbonyl (C=O) groups is 3. The van der Waals surface area contributed by atoms with E-state index in [1.165, 1.54) is 19.3 Å². The number of carbonyl (C=O) groups excluding carboxylic acids is 3. The van der Waals surface area contributed by atoms with Crippen molar-refractivity contribution in [1.29, 1.82) is 0 Å². The van der Waals surface area contributed by atoms with E-state index in [1.54, 1.807) is 31.2 Å². The van der Waals surface area contributed by atoms with Gasteiger partial charge in [0.05, 0.1) is 29.4 Å². The summed E-state index contributed by atoms with van der Waals surface area (Å²) in [5.74, 6) is -1.21. The van der Waals surface area contributed by atoms with Gasteiger partial charge in [0.25, 0.3) is 11.8 Å². The minimum atomic E-state index is -0.456. The van der Waals surface area contributed by atoms with Crippen LogP contribution in [0, 0.1) is 12.7 Å². The van der Waals surface area contributed by atoms with Gasteiger partial charge in [-0.2, -0.15) is 0 Å². The van der Waals surface area contributed by atoms with Crippen molar-refractivity contribution >= 4 is 23.4 Å². The Labute approximate surface area is 171 Å². The molecule has 30 heavy (non-hydrogen) atoms. The Morgan fingerprint density at radius 1 is 1.13 bits per heavy atom. The number of aromatic nitrogens is 1. The Balaban J connectivity index is 1.50. The second-order valence-corrected chi connectivity index (χ2v) is 7.04. The average Bonchev–Trinajstić information content (AvgIpc) is 2.92. The Morgan fingerprint density at radius 3 is 2.63 bits per heavy atom. The molecule has 0 saturated heterocycles. The minimum Gasteiger partial charge on any atom is -0.311 e. The van der Waals surface area contributed by atoms with Crippen molar-refractivity contribution in [3.8, 4) is 0 Å². The molecule has 3 heterocycles. The fourth-order valence-electron chi connectivity index (χ4n) is 3.42.